The van der Waals surface area contributed by atoms with Crippen molar-refractivity contribution in [3.63, 3.8) is 0 Å². The molecule has 0 saturated heterocycles. The summed E-state index contributed by atoms with van der Waals surface area (Å²) < 4.78 is 2.75. The van der Waals surface area contributed by atoms with Crippen molar-refractivity contribution in [2.75, 3.05) is 5.32 Å². The lowest BCUT2D eigenvalue weighted by Gasteiger charge is -2.25. The molecule has 6 heteroatoms. The fourth-order valence-electron chi connectivity index (χ4n) is 2.57. The largest absolute Gasteiger partial charge is 0.324 e. The van der Waals surface area contributed by atoms with Gasteiger partial charge in [-0.15, -0.1) is 0 Å². The number of carbonyl (C=O) groups is 1. The van der Waals surface area contributed by atoms with Gasteiger partial charge >= 0.3 is 0 Å². The van der Waals surface area contributed by atoms with Crippen LogP contribution in [0.2, 0.25) is 0 Å². The fraction of sp³-hybridized carbons (Fsp3) is 0.389. The third-order valence-electron chi connectivity index (χ3n) is 4.40. The first kappa shape index (κ1) is 17.0. The van der Waals surface area contributed by atoms with E-state index in [-0.39, 0.29) is 5.91 Å². The highest BCUT2D eigenvalue weighted by molar-refractivity contribution is 14.1. The van der Waals surface area contributed by atoms with E-state index in [0.717, 1.165) is 33.4 Å². The Bertz CT molecular complexity index is 824. The highest BCUT2D eigenvalue weighted by Crippen LogP contribution is 2.45. The lowest BCUT2D eigenvalue weighted by atomic mass is 10.0. The second-order valence-corrected chi connectivity index (χ2v) is 7.84. The highest BCUT2D eigenvalue weighted by atomic mass is 127. The maximum Gasteiger partial charge on any atom is 0.251 e. The summed E-state index contributed by atoms with van der Waals surface area (Å²) in [6.07, 6.45) is 4.12. The first-order chi connectivity index (χ1) is 11.3. The highest BCUT2D eigenvalue weighted by Gasteiger charge is 2.33. The first-order valence-electron chi connectivity index (χ1n) is 7.88. The zero-order valence-corrected chi connectivity index (χ0v) is 16.1. The number of benzene rings is 1. The summed E-state index contributed by atoms with van der Waals surface area (Å²) in [5, 5.41) is 7.50. The molecule has 1 aliphatic carbocycles. The summed E-state index contributed by atoms with van der Waals surface area (Å²) in [6.45, 7) is 12.8. The van der Waals surface area contributed by atoms with E-state index in [0.29, 0.717) is 11.6 Å². The van der Waals surface area contributed by atoms with Crippen LogP contribution in [-0.2, 0) is 10.3 Å². The van der Waals surface area contributed by atoms with Gasteiger partial charge in [0.15, 0.2) is 5.69 Å². The van der Waals surface area contributed by atoms with E-state index >= 15 is 0 Å². The van der Waals surface area contributed by atoms with Crippen LogP contribution >= 0.6 is 22.6 Å². The van der Waals surface area contributed by atoms with Gasteiger partial charge in [0.25, 0.3) is 5.91 Å². The molecule has 124 valence electrons. The Labute approximate surface area is 155 Å². The predicted molar refractivity (Wildman–Crippen MR) is 102 cm³/mol. The number of rotatable bonds is 4. The lowest BCUT2D eigenvalue weighted by molar-refractivity contribution is -0.123. The Morgan fingerprint density at radius 1 is 1.46 bits per heavy atom. The van der Waals surface area contributed by atoms with Gasteiger partial charge < -0.3 is 5.32 Å². The van der Waals surface area contributed by atoms with Gasteiger partial charge in [0.05, 0.1) is 15.8 Å². The van der Waals surface area contributed by atoms with E-state index < -0.39 is 5.54 Å². The molecule has 0 aliphatic heterocycles. The number of carbonyl (C=O) groups excluding carboxylic acids is 1. The Hall–Kier alpha value is -1.88. The van der Waals surface area contributed by atoms with Crippen LogP contribution in [0, 0.1) is 17.1 Å². The molecule has 1 aromatic heterocycles. The smallest absolute Gasteiger partial charge is 0.251 e. The monoisotopic (exact) mass is 434 g/mol. The van der Waals surface area contributed by atoms with Crippen LogP contribution < -0.4 is 5.32 Å². The molecule has 0 unspecified atom stereocenters. The van der Waals surface area contributed by atoms with Gasteiger partial charge in [0, 0.05) is 11.9 Å². The molecule has 1 aliphatic rings. The first-order valence-corrected chi connectivity index (χ1v) is 8.96. The lowest BCUT2D eigenvalue weighted by Crippen LogP contribution is -2.40. The molecule has 5 nitrogen and oxygen atoms in total. The molecule has 1 fully saturated rings. The number of halogens is 1. The summed E-state index contributed by atoms with van der Waals surface area (Å²) >= 11 is 2.22. The predicted octanol–water partition coefficient (Wildman–Crippen LogP) is 4.60. The molecule has 0 atom stereocenters. The zero-order chi connectivity index (χ0) is 17.5. The molecular formula is C18H19IN4O. The van der Waals surface area contributed by atoms with E-state index in [1.54, 1.807) is 10.7 Å². The minimum atomic E-state index is -0.798. The number of aromatic nitrogens is 2. The Balaban J connectivity index is 1.88. The average Bonchev–Trinajstić information content (AvgIpc) is 3.33. The fourth-order valence-corrected chi connectivity index (χ4v) is 2.94. The van der Waals surface area contributed by atoms with Crippen molar-refractivity contribution in [2.24, 2.45) is 0 Å². The maximum absolute atomic E-state index is 12.9. The molecule has 3 rings (SSSR count). The molecule has 1 aromatic carbocycles. The summed E-state index contributed by atoms with van der Waals surface area (Å²) in [5.74, 6) is 0.344. The number of amides is 1. The van der Waals surface area contributed by atoms with Crippen LogP contribution in [0.25, 0.3) is 4.85 Å². The SMILES string of the molecule is [C-]#[N+]c1ccc(NC(=O)C(C)(C)n2cc(I)c(C)n2)c(C2CC2)c1. The Kier molecular flexibility index (Phi) is 4.38. The quantitative estimate of drug-likeness (QED) is 0.565. The molecule has 1 N–H and O–H groups in total. The average molecular weight is 434 g/mol. The van der Waals surface area contributed by atoms with E-state index in [2.05, 4.69) is 37.9 Å². The van der Waals surface area contributed by atoms with Crippen LogP contribution in [0.15, 0.2) is 24.4 Å². The third-order valence-corrected chi connectivity index (χ3v) is 5.46. The number of aryl methyl sites for hydroxylation is 1. The van der Waals surface area contributed by atoms with Crippen molar-refractivity contribution < 1.29 is 4.79 Å². The van der Waals surface area contributed by atoms with E-state index in [4.69, 9.17) is 6.57 Å². The number of anilines is 1. The van der Waals surface area contributed by atoms with Crippen molar-refractivity contribution in [1.29, 1.82) is 0 Å². The van der Waals surface area contributed by atoms with Gasteiger partial charge in [-0.05, 0) is 73.8 Å². The zero-order valence-electron chi connectivity index (χ0n) is 13.9. The van der Waals surface area contributed by atoms with Gasteiger partial charge in [-0.25, -0.2) is 4.85 Å². The second kappa shape index (κ2) is 6.20. The number of hydrogen-bond acceptors (Lipinski definition) is 2. The van der Waals surface area contributed by atoms with Gasteiger partial charge in [0.2, 0.25) is 0 Å². The van der Waals surface area contributed by atoms with Gasteiger partial charge in [-0.1, -0.05) is 12.1 Å². The number of nitrogens with one attached hydrogen (secondary N) is 1. The molecule has 0 spiro atoms. The molecule has 24 heavy (non-hydrogen) atoms. The molecular weight excluding hydrogens is 415 g/mol. The van der Waals surface area contributed by atoms with Crippen LogP contribution in [0.1, 0.15) is 43.9 Å². The molecule has 1 saturated carbocycles. The Morgan fingerprint density at radius 2 is 2.17 bits per heavy atom. The summed E-state index contributed by atoms with van der Waals surface area (Å²) in [5.41, 5.74) is 2.61. The van der Waals surface area contributed by atoms with Crippen LogP contribution in [0.5, 0.6) is 0 Å². The summed E-state index contributed by atoms with van der Waals surface area (Å²) in [7, 11) is 0. The minimum absolute atomic E-state index is 0.112. The molecule has 1 amide bonds. The molecule has 1 heterocycles. The Morgan fingerprint density at radius 3 is 2.71 bits per heavy atom. The molecule has 0 radical (unpaired) electrons. The van der Waals surface area contributed by atoms with Crippen molar-refractivity contribution in [3.8, 4) is 0 Å². The summed E-state index contributed by atoms with van der Waals surface area (Å²) in [6, 6.07) is 5.49. The third kappa shape index (κ3) is 3.18. The van der Waals surface area contributed by atoms with Gasteiger partial charge in [0.1, 0.15) is 5.54 Å². The molecule has 0 bridgehead atoms. The van der Waals surface area contributed by atoms with Crippen molar-refractivity contribution in [3.05, 3.63) is 50.6 Å². The van der Waals surface area contributed by atoms with Crippen molar-refractivity contribution in [1.82, 2.24) is 9.78 Å². The topological polar surface area (TPSA) is 51.3 Å². The van der Waals surface area contributed by atoms with Gasteiger partial charge in [-0.3, -0.25) is 9.48 Å². The minimum Gasteiger partial charge on any atom is -0.324 e. The van der Waals surface area contributed by atoms with E-state index in [1.165, 1.54) is 0 Å². The van der Waals surface area contributed by atoms with E-state index in [9.17, 15) is 4.79 Å². The van der Waals surface area contributed by atoms with E-state index in [1.807, 2.05) is 39.1 Å². The maximum atomic E-state index is 12.9. The second-order valence-electron chi connectivity index (χ2n) is 6.68. The number of hydrogen-bond donors (Lipinski definition) is 1. The number of nitrogens with zero attached hydrogens (tertiary/aromatic N) is 3. The summed E-state index contributed by atoms with van der Waals surface area (Å²) in [4.78, 5) is 16.4. The van der Waals surface area contributed by atoms with Crippen LogP contribution in [0.4, 0.5) is 11.4 Å². The van der Waals surface area contributed by atoms with Crippen molar-refractivity contribution >= 4 is 39.9 Å². The van der Waals surface area contributed by atoms with Crippen LogP contribution in [-0.4, -0.2) is 15.7 Å². The van der Waals surface area contributed by atoms with Crippen LogP contribution in [0.3, 0.4) is 0 Å². The van der Waals surface area contributed by atoms with Crippen molar-refractivity contribution in [2.45, 2.75) is 45.1 Å². The van der Waals surface area contributed by atoms with Gasteiger partial charge in [-0.2, -0.15) is 5.10 Å². The molecule has 2 aromatic rings. The standard InChI is InChI=1S/C18H19IN4O/c1-11-15(19)10-23(22-11)18(2,3)17(24)21-16-8-7-13(20-4)9-14(16)12-5-6-12/h7-10,12H,5-6H2,1-3H3,(H,21,24). The normalized spacial score (nSPS) is 14.3.